The summed E-state index contributed by atoms with van der Waals surface area (Å²) in [6, 6.07) is 5.31. The van der Waals surface area contributed by atoms with Gasteiger partial charge in [0.2, 0.25) is 5.88 Å². The highest BCUT2D eigenvalue weighted by Crippen LogP contribution is 2.23. The lowest BCUT2D eigenvalue weighted by Gasteiger charge is -2.31. The lowest BCUT2D eigenvalue weighted by Crippen LogP contribution is -2.47. The molecule has 0 saturated carbocycles. The lowest BCUT2D eigenvalue weighted by atomic mass is 10.2. The highest BCUT2D eigenvalue weighted by molar-refractivity contribution is 5.93. The molecule has 27 heavy (non-hydrogen) atoms. The molecule has 0 aromatic carbocycles. The topological polar surface area (TPSA) is 105 Å². The van der Waals surface area contributed by atoms with Gasteiger partial charge in [-0.05, 0) is 19.2 Å². The van der Waals surface area contributed by atoms with Crippen molar-refractivity contribution < 1.29 is 9.53 Å². The minimum atomic E-state index is -0.0898. The van der Waals surface area contributed by atoms with Gasteiger partial charge in [0.15, 0.2) is 5.69 Å². The molecule has 1 amide bonds. The Balaban J connectivity index is 1.70. The summed E-state index contributed by atoms with van der Waals surface area (Å²) in [4.78, 5) is 21.2. The van der Waals surface area contributed by atoms with Gasteiger partial charge in [-0.3, -0.25) is 4.79 Å². The van der Waals surface area contributed by atoms with Crippen molar-refractivity contribution in [3.8, 4) is 23.0 Å². The molecule has 0 radical (unpaired) electrons. The predicted molar refractivity (Wildman–Crippen MR) is 96.7 cm³/mol. The molecule has 0 bridgehead atoms. The summed E-state index contributed by atoms with van der Waals surface area (Å²) in [5, 5.41) is 15.1. The molecule has 1 fully saturated rings. The average Bonchev–Trinajstić information content (AvgIpc) is 3.38. The smallest absolute Gasteiger partial charge is 0.274 e. The van der Waals surface area contributed by atoms with Crippen LogP contribution in [0.5, 0.6) is 5.88 Å². The Bertz CT molecular complexity index is 911. The molecular formula is C17H20N8O2. The van der Waals surface area contributed by atoms with Gasteiger partial charge in [-0.1, -0.05) is 0 Å². The van der Waals surface area contributed by atoms with Crippen LogP contribution in [-0.2, 0) is 0 Å². The maximum atomic E-state index is 12.9. The number of piperazine rings is 1. The second kappa shape index (κ2) is 7.16. The molecule has 3 aromatic rings. The van der Waals surface area contributed by atoms with Gasteiger partial charge in [-0.15, -0.1) is 0 Å². The van der Waals surface area contributed by atoms with Crippen molar-refractivity contribution in [1.82, 2.24) is 40.0 Å². The van der Waals surface area contributed by atoms with Crippen LogP contribution >= 0.6 is 0 Å². The molecule has 10 heteroatoms. The molecule has 4 rings (SSSR count). The van der Waals surface area contributed by atoms with E-state index in [1.165, 1.54) is 0 Å². The highest BCUT2D eigenvalue weighted by atomic mass is 16.5. The van der Waals surface area contributed by atoms with Crippen molar-refractivity contribution in [3.05, 3.63) is 36.3 Å². The van der Waals surface area contributed by atoms with Gasteiger partial charge < -0.3 is 14.5 Å². The van der Waals surface area contributed by atoms with Crippen LogP contribution in [0.25, 0.3) is 17.1 Å². The summed E-state index contributed by atoms with van der Waals surface area (Å²) >= 11 is 0. The monoisotopic (exact) mass is 368 g/mol. The Morgan fingerprint density at radius 2 is 2.00 bits per heavy atom. The Morgan fingerprint density at radius 1 is 1.19 bits per heavy atom. The largest absolute Gasteiger partial charge is 0.481 e. The maximum Gasteiger partial charge on any atom is 0.274 e. The summed E-state index contributed by atoms with van der Waals surface area (Å²) in [5.74, 6) is 0.413. The summed E-state index contributed by atoms with van der Waals surface area (Å²) in [7, 11) is 3.61. The molecule has 140 valence electrons. The van der Waals surface area contributed by atoms with E-state index in [0.29, 0.717) is 41.7 Å². The summed E-state index contributed by atoms with van der Waals surface area (Å²) in [5.41, 5.74) is 2.32. The molecule has 1 aliphatic rings. The van der Waals surface area contributed by atoms with Crippen molar-refractivity contribution in [2.24, 2.45) is 0 Å². The molecule has 0 unspecified atom stereocenters. The average molecular weight is 368 g/mol. The van der Waals surface area contributed by atoms with Crippen molar-refractivity contribution in [2.45, 2.75) is 0 Å². The quantitative estimate of drug-likeness (QED) is 0.713. The van der Waals surface area contributed by atoms with E-state index in [4.69, 9.17) is 4.74 Å². The number of hydrogen-bond donors (Lipinski definition) is 1. The Labute approximate surface area is 155 Å². The van der Waals surface area contributed by atoms with E-state index in [1.807, 2.05) is 11.0 Å². The van der Waals surface area contributed by atoms with E-state index in [2.05, 4.69) is 37.4 Å². The van der Waals surface area contributed by atoms with E-state index in [9.17, 15) is 4.79 Å². The molecule has 0 spiro atoms. The molecule has 1 N–H and O–H groups in total. The van der Waals surface area contributed by atoms with Crippen molar-refractivity contribution >= 4 is 5.91 Å². The van der Waals surface area contributed by atoms with Gasteiger partial charge in [-0.2, -0.15) is 20.5 Å². The van der Waals surface area contributed by atoms with E-state index in [-0.39, 0.29) is 5.91 Å². The Hall–Kier alpha value is -3.27. The van der Waals surface area contributed by atoms with E-state index >= 15 is 0 Å². The van der Waals surface area contributed by atoms with Crippen LogP contribution in [0.3, 0.4) is 0 Å². The number of amides is 1. The fraction of sp³-hybridized carbons (Fsp3) is 0.353. The molecule has 1 saturated heterocycles. The zero-order valence-corrected chi connectivity index (χ0v) is 15.2. The van der Waals surface area contributed by atoms with Crippen LogP contribution in [0.15, 0.2) is 30.6 Å². The second-order valence-corrected chi connectivity index (χ2v) is 6.34. The number of rotatable bonds is 4. The minimum Gasteiger partial charge on any atom is -0.481 e. The first-order valence-electron chi connectivity index (χ1n) is 8.60. The summed E-state index contributed by atoms with van der Waals surface area (Å²) in [6.45, 7) is 3.08. The van der Waals surface area contributed by atoms with Crippen molar-refractivity contribution in [2.75, 3.05) is 40.3 Å². The number of methoxy groups -OCH3 is 1. The number of aromatic amines is 1. The summed E-state index contributed by atoms with van der Waals surface area (Å²) in [6.07, 6.45) is 3.23. The molecule has 0 atom stereocenters. The SMILES string of the molecule is COc1ccc(-n2nc(C(=O)N3CCN(C)CC3)cc2-c2cn[nH]n2)cn1. The zero-order valence-electron chi connectivity index (χ0n) is 15.2. The number of nitrogens with one attached hydrogen (secondary N) is 1. The Kier molecular flexibility index (Phi) is 4.55. The molecule has 0 aliphatic carbocycles. The van der Waals surface area contributed by atoms with Crippen LogP contribution in [0.1, 0.15) is 10.5 Å². The van der Waals surface area contributed by atoms with Gasteiger partial charge in [0.1, 0.15) is 5.69 Å². The van der Waals surface area contributed by atoms with Gasteiger partial charge in [-0.25, -0.2) is 9.67 Å². The van der Waals surface area contributed by atoms with Gasteiger partial charge in [0.25, 0.3) is 5.91 Å². The van der Waals surface area contributed by atoms with Crippen LogP contribution < -0.4 is 4.74 Å². The first-order chi connectivity index (χ1) is 13.2. The first kappa shape index (κ1) is 17.2. The highest BCUT2D eigenvalue weighted by Gasteiger charge is 2.25. The molecule has 1 aliphatic heterocycles. The lowest BCUT2D eigenvalue weighted by molar-refractivity contribution is 0.0657. The van der Waals surface area contributed by atoms with Gasteiger partial charge >= 0.3 is 0 Å². The van der Waals surface area contributed by atoms with Crippen LogP contribution in [0.2, 0.25) is 0 Å². The Morgan fingerprint density at radius 3 is 2.63 bits per heavy atom. The maximum absolute atomic E-state index is 12.9. The standard InChI is InChI=1S/C17H20N8O2/c1-23-5-7-24(8-6-23)17(26)13-9-15(14-11-19-22-20-14)25(21-13)12-3-4-16(27-2)18-10-12/h3-4,9-11H,5-8H2,1-2H3,(H,19,20,22). The number of H-pyrrole nitrogens is 1. The van der Waals surface area contributed by atoms with E-state index < -0.39 is 0 Å². The molecular weight excluding hydrogens is 348 g/mol. The van der Waals surface area contributed by atoms with Crippen molar-refractivity contribution in [1.29, 1.82) is 0 Å². The third-order valence-electron chi connectivity index (χ3n) is 4.57. The van der Waals surface area contributed by atoms with Crippen LogP contribution in [-0.4, -0.2) is 86.2 Å². The number of ether oxygens (including phenoxy) is 1. The fourth-order valence-corrected chi connectivity index (χ4v) is 2.98. The number of likely N-dealkylation sites (N-methyl/N-ethyl adjacent to an activating group) is 1. The third kappa shape index (κ3) is 3.38. The number of aromatic nitrogens is 6. The zero-order chi connectivity index (χ0) is 18.8. The molecule has 10 nitrogen and oxygen atoms in total. The molecule has 4 heterocycles. The number of carbonyl (C=O) groups excluding carboxylic acids is 1. The van der Waals surface area contributed by atoms with Gasteiger partial charge in [0.05, 0.1) is 30.9 Å². The third-order valence-corrected chi connectivity index (χ3v) is 4.57. The van der Waals surface area contributed by atoms with Crippen LogP contribution in [0.4, 0.5) is 0 Å². The second-order valence-electron chi connectivity index (χ2n) is 6.34. The molecule has 3 aromatic heterocycles. The first-order valence-corrected chi connectivity index (χ1v) is 8.60. The minimum absolute atomic E-state index is 0.0898. The predicted octanol–water partition coefficient (Wildman–Crippen LogP) is 0.449. The number of nitrogens with zero attached hydrogens (tertiary/aromatic N) is 7. The number of pyridine rings is 1. The van der Waals surface area contributed by atoms with E-state index in [1.54, 1.807) is 36.3 Å². The normalized spacial score (nSPS) is 15.1. The fourth-order valence-electron chi connectivity index (χ4n) is 2.98. The summed E-state index contributed by atoms with van der Waals surface area (Å²) < 4.78 is 6.75. The number of hydrogen-bond acceptors (Lipinski definition) is 7. The number of carbonyl (C=O) groups is 1. The van der Waals surface area contributed by atoms with Crippen LogP contribution in [0, 0.1) is 0 Å². The van der Waals surface area contributed by atoms with Crippen molar-refractivity contribution in [3.63, 3.8) is 0 Å². The van der Waals surface area contributed by atoms with E-state index in [0.717, 1.165) is 13.1 Å². The van der Waals surface area contributed by atoms with Gasteiger partial charge in [0, 0.05) is 32.2 Å².